The summed E-state index contributed by atoms with van der Waals surface area (Å²) in [6, 6.07) is 45.5. The fraction of sp³-hybridized carbons (Fsp3) is 0. The summed E-state index contributed by atoms with van der Waals surface area (Å²) in [5, 5.41) is 0. The minimum absolute atomic E-state index is 0.717. The van der Waals surface area contributed by atoms with E-state index < -0.39 is 0 Å². The van der Waals surface area contributed by atoms with Crippen molar-refractivity contribution in [3.8, 4) is 56.4 Å². The first-order chi connectivity index (χ1) is 16.8. The van der Waals surface area contributed by atoms with Gasteiger partial charge < -0.3 is 8.83 Å². The molecule has 0 amide bonds. The molecule has 34 heavy (non-hydrogen) atoms. The van der Waals surface area contributed by atoms with E-state index in [0.717, 1.165) is 22.6 Å². The van der Waals surface area contributed by atoms with E-state index in [-0.39, 0.29) is 0 Å². The van der Waals surface area contributed by atoms with Crippen LogP contribution in [0.15, 0.2) is 142 Å². The van der Waals surface area contributed by atoms with E-state index in [1.165, 1.54) is 22.3 Å². The molecular weight excluding hydrogens is 416 g/mol. The molecule has 6 rings (SSSR count). The van der Waals surface area contributed by atoms with E-state index in [1.54, 1.807) is 0 Å². The third-order valence-corrected chi connectivity index (χ3v) is 6.01. The van der Waals surface area contributed by atoms with Gasteiger partial charge in [0, 0.05) is 11.1 Å². The van der Waals surface area contributed by atoms with Crippen molar-refractivity contribution in [1.82, 2.24) is 0 Å². The molecule has 0 fully saturated rings. The Balaban J connectivity index is 1.21. The molecule has 0 aliphatic carbocycles. The fourth-order valence-electron chi connectivity index (χ4n) is 4.17. The number of hydrogen-bond acceptors (Lipinski definition) is 2. The molecule has 0 atom stereocenters. The van der Waals surface area contributed by atoms with Gasteiger partial charge in [0.25, 0.3) is 0 Å². The van der Waals surface area contributed by atoms with Gasteiger partial charge in [-0.15, -0.1) is 0 Å². The monoisotopic (exact) mass is 438 g/mol. The number of rotatable bonds is 5. The Bertz CT molecular complexity index is 1380. The lowest BCUT2D eigenvalue weighted by Crippen LogP contribution is -1.78. The molecule has 162 valence electrons. The highest BCUT2D eigenvalue weighted by molar-refractivity contribution is 5.71. The van der Waals surface area contributed by atoms with Gasteiger partial charge >= 0.3 is 0 Å². The Kier molecular flexibility index (Phi) is 5.17. The minimum Gasteiger partial charge on any atom is -0.453 e. The van der Waals surface area contributed by atoms with Gasteiger partial charge in [0.05, 0.1) is 0 Å². The van der Waals surface area contributed by atoms with Crippen molar-refractivity contribution in [2.24, 2.45) is 0 Å². The Morgan fingerprint density at radius 2 is 0.529 bits per heavy atom. The fourth-order valence-corrected chi connectivity index (χ4v) is 4.17. The van der Waals surface area contributed by atoms with E-state index in [2.05, 4.69) is 97.1 Å². The highest BCUT2D eigenvalue weighted by Gasteiger charge is 2.12. The van der Waals surface area contributed by atoms with Gasteiger partial charge in [-0.05, 0) is 46.5 Å². The maximum absolute atomic E-state index is 6.13. The van der Waals surface area contributed by atoms with Crippen molar-refractivity contribution < 1.29 is 8.83 Å². The molecule has 0 unspecified atom stereocenters. The van der Waals surface area contributed by atoms with Crippen LogP contribution < -0.4 is 0 Å². The summed E-state index contributed by atoms with van der Waals surface area (Å²) >= 11 is 0. The minimum atomic E-state index is 0.717. The van der Waals surface area contributed by atoms with E-state index >= 15 is 0 Å². The standard InChI is InChI=1S/C32H22O2/c1-3-7-23(8-4-1)25-11-15-27(16-12-25)29-19-21-31(33-29)32-22-20-30(34-32)28-17-13-26(14-18-28)24-9-5-2-6-10-24/h1-22H. The first kappa shape index (κ1) is 20.1. The van der Waals surface area contributed by atoms with Crippen LogP contribution in [0, 0.1) is 0 Å². The van der Waals surface area contributed by atoms with Crippen LogP contribution in [0.2, 0.25) is 0 Å². The van der Waals surface area contributed by atoms with E-state index in [0.29, 0.717) is 11.5 Å². The van der Waals surface area contributed by atoms with Gasteiger partial charge in [0.2, 0.25) is 0 Å². The molecule has 2 heteroatoms. The molecule has 4 aromatic carbocycles. The molecule has 0 aliphatic rings. The average molecular weight is 439 g/mol. The summed E-state index contributed by atoms with van der Waals surface area (Å²) in [4.78, 5) is 0. The van der Waals surface area contributed by atoms with Crippen LogP contribution in [0.25, 0.3) is 56.4 Å². The summed E-state index contributed by atoms with van der Waals surface area (Å²) in [6.07, 6.45) is 0. The lowest BCUT2D eigenvalue weighted by Gasteiger charge is -2.03. The van der Waals surface area contributed by atoms with Gasteiger partial charge in [-0.1, -0.05) is 109 Å². The van der Waals surface area contributed by atoms with Crippen molar-refractivity contribution in [3.05, 3.63) is 133 Å². The zero-order valence-corrected chi connectivity index (χ0v) is 18.5. The maximum Gasteiger partial charge on any atom is 0.170 e. The molecule has 0 saturated heterocycles. The molecule has 6 aromatic rings. The van der Waals surface area contributed by atoms with Crippen molar-refractivity contribution in [1.29, 1.82) is 0 Å². The van der Waals surface area contributed by atoms with Gasteiger partial charge in [0.15, 0.2) is 11.5 Å². The summed E-state index contributed by atoms with van der Waals surface area (Å²) in [5.74, 6) is 3.07. The lowest BCUT2D eigenvalue weighted by atomic mass is 10.0. The Hall–Kier alpha value is -4.56. The second-order valence-electron chi connectivity index (χ2n) is 8.21. The topological polar surface area (TPSA) is 26.3 Å². The van der Waals surface area contributed by atoms with Crippen LogP contribution in [-0.4, -0.2) is 0 Å². The molecule has 0 radical (unpaired) electrons. The summed E-state index contributed by atoms with van der Waals surface area (Å²) in [5.41, 5.74) is 6.85. The number of hydrogen-bond donors (Lipinski definition) is 0. The van der Waals surface area contributed by atoms with Crippen LogP contribution in [-0.2, 0) is 0 Å². The van der Waals surface area contributed by atoms with Gasteiger partial charge in [-0.25, -0.2) is 0 Å². The first-order valence-corrected chi connectivity index (χ1v) is 11.4. The van der Waals surface area contributed by atoms with Gasteiger partial charge in [0.1, 0.15) is 11.5 Å². The van der Waals surface area contributed by atoms with Crippen LogP contribution in [0.3, 0.4) is 0 Å². The largest absolute Gasteiger partial charge is 0.453 e. The quantitative estimate of drug-likeness (QED) is 0.268. The highest BCUT2D eigenvalue weighted by atomic mass is 16.4. The molecule has 0 aliphatic heterocycles. The Labute approximate surface area is 198 Å². The second kappa shape index (κ2) is 8.76. The van der Waals surface area contributed by atoms with Crippen LogP contribution >= 0.6 is 0 Å². The number of furan rings is 2. The Morgan fingerprint density at radius 1 is 0.235 bits per heavy atom. The predicted octanol–water partition coefficient (Wildman–Crippen LogP) is 9.21. The lowest BCUT2D eigenvalue weighted by molar-refractivity contribution is 0.539. The van der Waals surface area contributed by atoms with E-state index in [9.17, 15) is 0 Å². The molecule has 0 saturated carbocycles. The van der Waals surface area contributed by atoms with Gasteiger partial charge in [-0.3, -0.25) is 0 Å². The molecule has 2 aromatic heterocycles. The third kappa shape index (κ3) is 3.98. The third-order valence-electron chi connectivity index (χ3n) is 6.01. The zero-order chi connectivity index (χ0) is 22.7. The van der Waals surface area contributed by atoms with Crippen LogP contribution in [0.1, 0.15) is 0 Å². The van der Waals surface area contributed by atoms with Gasteiger partial charge in [-0.2, -0.15) is 0 Å². The zero-order valence-electron chi connectivity index (χ0n) is 18.5. The summed E-state index contributed by atoms with van der Waals surface area (Å²) in [6.45, 7) is 0. The second-order valence-corrected chi connectivity index (χ2v) is 8.21. The van der Waals surface area contributed by atoms with Crippen LogP contribution in [0.5, 0.6) is 0 Å². The predicted molar refractivity (Wildman–Crippen MR) is 138 cm³/mol. The van der Waals surface area contributed by atoms with Crippen molar-refractivity contribution >= 4 is 0 Å². The normalized spacial score (nSPS) is 10.9. The van der Waals surface area contributed by atoms with Crippen LogP contribution in [0.4, 0.5) is 0 Å². The maximum atomic E-state index is 6.13. The molecular formula is C32H22O2. The molecule has 2 nitrogen and oxygen atoms in total. The van der Waals surface area contributed by atoms with E-state index in [1.807, 2.05) is 36.4 Å². The summed E-state index contributed by atoms with van der Waals surface area (Å²) in [7, 11) is 0. The van der Waals surface area contributed by atoms with Crippen molar-refractivity contribution in [3.63, 3.8) is 0 Å². The molecule has 0 spiro atoms. The van der Waals surface area contributed by atoms with Crippen molar-refractivity contribution in [2.45, 2.75) is 0 Å². The van der Waals surface area contributed by atoms with E-state index in [4.69, 9.17) is 8.83 Å². The molecule has 0 N–H and O–H groups in total. The molecule has 2 heterocycles. The molecule has 0 bridgehead atoms. The first-order valence-electron chi connectivity index (χ1n) is 11.4. The summed E-state index contributed by atoms with van der Waals surface area (Å²) < 4.78 is 12.3. The van der Waals surface area contributed by atoms with Crippen molar-refractivity contribution in [2.75, 3.05) is 0 Å². The number of benzene rings is 4. The highest BCUT2D eigenvalue weighted by Crippen LogP contribution is 2.34. The Morgan fingerprint density at radius 3 is 0.912 bits per heavy atom. The average Bonchev–Trinajstić information content (AvgIpc) is 3.61. The SMILES string of the molecule is c1ccc(-c2ccc(-c3ccc(-c4ccc(-c5ccc(-c6ccccc6)cc5)o4)o3)cc2)cc1. The smallest absolute Gasteiger partial charge is 0.170 e.